The second-order valence-corrected chi connectivity index (χ2v) is 4.78. The molecule has 0 aliphatic carbocycles. The molecule has 2 aromatic heterocycles. The summed E-state index contributed by atoms with van der Waals surface area (Å²) in [5.41, 5.74) is 8.05. The van der Waals surface area contributed by atoms with Crippen LogP contribution in [0.1, 0.15) is 11.3 Å². The van der Waals surface area contributed by atoms with Crippen LogP contribution in [0.2, 0.25) is 0 Å². The van der Waals surface area contributed by atoms with Crippen LogP contribution in [-0.2, 0) is 18.5 Å². The fourth-order valence-corrected chi connectivity index (χ4v) is 2.05. The Kier molecular flexibility index (Phi) is 4.23. The molecule has 8 nitrogen and oxygen atoms in total. The van der Waals surface area contributed by atoms with E-state index in [9.17, 15) is 0 Å². The van der Waals surface area contributed by atoms with Gasteiger partial charge in [0.1, 0.15) is 5.82 Å². The highest BCUT2D eigenvalue weighted by molar-refractivity contribution is 5.88. The van der Waals surface area contributed by atoms with Gasteiger partial charge in [0, 0.05) is 18.2 Å². The summed E-state index contributed by atoms with van der Waals surface area (Å²) in [6.07, 6.45) is 1.62. The number of nitrogens with zero attached hydrogens (tertiary/aromatic N) is 6. The molecule has 116 valence electrons. The smallest absolute Gasteiger partial charge is 0.182 e. The maximum atomic E-state index is 5.62. The van der Waals surface area contributed by atoms with Crippen molar-refractivity contribution in [2.75, 3.05) is 5.73 Å². The van der Waals surface area contributed by atoms with Crippen LogP contribution in [0.5, 0.6) is 0 Å². The maximum Gasteiger partial charge on any atom is 0.182 e. The van der Waals surface area contributed by atoms with Gasteiger partial charge in [-0.1, -0.05) is 35.5 Å². The van der Waals surface area contributed by atoms with Crippen LogP contribution in [0.25, 0.3) is 11.4 Å². The number of aryl methyl sites for hydroxylation is 1. The lowest BCUT2D eigenvalue weighted by Crippen LogP contribution is -1.98. The predicted molar refractivity (Wildman–Crippen MR) is 85.3 cm³/mol. The van der Waals surface area contributed by atoms with Gasteiger partial charge in [-0.3, -0.25) is 0 Å². The van der Waals surface area contributed by atoms with Crippen molar-refractivity contribution in [3.05, 3.63) is 53.7 Å². The first-order chi connectivity index (χ1) is 11.2. The van der Waals surface area contributed by atoms with Crippen LogP contribution in [0, 0.1) is 0 Å². The topological polar surface area (TPSA) is 104 Å². The van der Waals surface area contributed by atoms with Crippen molar-refractivity contribution in [1.29, 1.82) is 0 Å². The Morgan fingerprint density at radius 1 is 1.22 bits per heavy atom. The average Bonchev–Trinajstić information content (AvgIpc) is 2.98. The monoisotopic (exact) mass is 309 g/mol. The van der Waals surface area contributed by atoms with Crippen molar-refractivity contribution in [2.24, 2.45) is 12.2 Å². The Balaban J connectivity index is 1.72. The molecule has 0 aliphatic rings. The number of aromatic nitrogens is 5. The molecule has 0 fully saturated rings. The van der Waals surface area contributed by atoms with Crippen molar-refractivity contribution in [1.82, 2.24) is 25.2 Å². The van der Waals surface area contributed by atoms with E-state index in [0.717, 1.165) is 11.1 Å². The van der Waals surface area contributed by atoms with Gasteiger partial charge in [-0.05, 0) is 22.6 Å². The van der Waals surface area contributed by atoms with Crippen molar-refractivity contribution >= 4 is 12.0 Å². The van der Waals surface area contributed by atoms with E-state index in [1.807, 2.05) is 36.4 Å². The van der Waals surface area contributed by atoms with Crippen LogP contribution >= 0.6 is 0 Å². The van der Waals surface area contributed by atoms with Crippen molar-refractivity contribution < 1.29 is 4.84 Å². The molecule has 2 N–H and O–H groups in total. The normalized spacial score (nSPS) is 11.0. The summed E-state index contributed by atoms with van der Waals surface area (Å²) in [7, 11) is 1.78. The zero-order valence-corrected chi connectivity index (χ0v) is 12.5. The van der Waals surface area contributed by atoms with E-state index in [1.54, 1.807) is 24.0 Å². The zero-order valence-electron chi connectivity index (χ0n) is 12.5. The molecule has 0 saturated carbocycles. The average molecular weight is 309 g/mol. The number of rotatable bonds is 5. The Morgan fingerprint density at radius 3 is 2.87 bits per heavy atom. The largest absolute Gasteiger partial charge is 0.389 e. The highest BCUT2D eigenvalue weighted by Gasteiger charge is 2.09. The molecule has 0 radical (unpaired) electrons. The van der Waals surface area contributed by atoms with E-state index in [1.165, 1.54) is 0 Å². The third-order valence-electron chi connectivity index (χ3n) is 3.13. The number of nitrogens with two attached hydrogens (primary N) is 1. The standard InChI is InChI=1S/C15H15N7O/c1-22-15(19-20-21-22)13-7-3-2-5-11(13)9-17-23-10-12-6-4-8-14(16)18-12/h2-9H,10H2,1H3,(H2,16,18). The lowest BCUT2D eigenvalue weighted by atomic mass is 10.1. The summed E-state index contributed by atoms with van der Waals surface area (Å²) in [5, 5.41) is 15.5. The second kappa shape index (κ2) is 6.65. The summed E-state index contributed by atoms with van der Waals surface area (Å²) < 4.78 is 1.60. The summed E-state index contributed by atoms with van der Waals surface area (Å²) in [4.78, 5) is 9.41. The molecule has 0 amide bonds. The fourth-order valence-electron chi connectivity index (χ4n) is 2.05. The molecule has 0 spiro atoms. The van der Waals surface area contributed by atoms with Gasteiger partial charge in [0.25, 0.3) is 0 Å². The lowest BCUT2D eigenvalue weighted by molar-refractivity contribution is 0.129. The number of nitrogen functional groups attached to an aromatic ring is 1. The number of benzene rings is 1. The van der Waals surface area contributed by atoms with Gasteiger partial charge in [-0.2, -0.15) is 0 Å². The second-order valence-electron chi connectivity index (χ2n) is 4.78. The molecule has 8 heteroatoms. The van der Waals surface area contributed by atoms with E-state index in [-0.39, 0.29) is 6.61 Å². The van der Waals surface area contributed by atoms with Gasteiger partial charge in [0.2, 0.25) is 0 Å². The van der Waals surface area contributed by atoms with Crippen LogP contribution in [-0.4, -0.2) is 31.4 Å². The van der Waals surface area contributed by atoms with Gasteiger partial charge >= 0.3 is 0 Å². The van der Waals surface area contributed by atoms with Gasteiger partial charge in [0.15, 0.2) is 12.4 Å². The number of hydrogen-bond donors (Lipinski definition) is 1. The van der Waals surface area contributed by atoms with Crippen LogP contribution in [0.15, 0.2) is 47.6 Å². The van der Waals surface area contributed by atoms with Crippen LogP contribution < -0.4 is 5.73 Å². The van der Waals surface area contributed by atoms with E-state index < -0.39 is 0 Å². The minimum atomic E-state index is 0.245. The first-order valence-corrected chi connectivity index (χ1v) is 6.92. The highest BCUT2D eigenvalue weighted by atomic mass is 16.6. The summed E-state index contributed by atoms with van der Waals surface area (Å²) in [6.45, 7) is 0.245. The Bertz CT molecular complexity index is 828. The molecular formula is C15H15N7O. The molecule has 0 atom stereocenters. The van der Waals surface area contributed by atoms with E-state index in [2.05, 4.69) is 25.7 Å². The van der Waals surface area contributed by atoms with Crippen molar-refractivity contribution in [3.8, 4) is 11.4 Å². The molecular weight excluding hydrogens is 294 g/mol. The first kappa shape index (κ1) is 14.6. The minimum Gasteiger partial charge on any atom is -0.389 e. The first-order valence-electron chi connectivity index (χ1n) is 6.92. The van der Waals surface area contributed by atoms with Gasteiger partial charge in [-0.25, -0.2) is 9.67 Å². The van der Waals surface area contributed by atoms with Crippen LogP contribution in [0.3, 0.4) is 0 Å². The molecule has 2 heterocycles. The van der Waals surface area contributed by atoms with Crippen molar-refractivity contribution in [3.63, 3.8) is 0 Å². The molecule has 0 aliphatic heterocycles. The fraction of sp³-hybridized carbons (Fsp3) is 0.133. The molecule has 0 unspecified atom stereocenters. The van der Waals surface area contributed by atoms with Gasteiger partial charge in [0.05, 0.1) is 11.9 Å². The third-order valence-corrected chi connectivity index (χ3v) is 3.13. The van der Waals surface area contributed by atoms with Gasteiger partial charge in [-0.15, -0.1) is 5.10 Å². The Hall–Kier alpha value is -3.29. The Labute approximate surface area is 132 Å². The van der Waals surface area contributed by atoms with E-state index in [0.29, 0.717) is 17.3 Å². The molecule has 0 bridgehead atoms. The van der Waals surface area contributed by atoms with E-state index >= 15 is 0 Å². The lowest BCUT2D eigenvalue weighted by Gasteiger charge is -2.03. The summed E-state index contributed by atoms with van der Waals surface area (Å²) >= 11 is 0. The predicted octanol–water partition coefficient (Wildman–Crippen LogP) is 1.40. The van der Waals surface area contributed by atoms with Crippen LogP contribution in [0.4, 0.5) is 5.82 Å². The Morgan fingerprint density at radius 2 is 2.09 bits per heavy atom. The summed E-state index contributed by atoms with van der Waals surface area (Å²) in [5.74, 6) is 1.11. The zero-order chi connectivity index (χ0) is 16.1. The molecule has 3 rings (SSSR count). The van der Waals surface area contributed by atoms with E-state index in [4.69, 9.17) is 10.6 Å². The minimum absolute atomic E-state index is 0.245. The van der Waals surface area contributed by atoms with Crippen molar-refractivity contribution in [2.45, 2.75) is 6.61 Å². The quantitative estimate of drug-likeness (QED) is 0.564. The molecule has 1 aromatic carbocycles. The third kappa shape index (κ3) is 3.49. The SMILES string of the molecule is Cn1nnnc1-c1ccccc1C=NOCc1cccc(N)n1. The summed E-state index contributed by atoms with van der Waals surface area (Å²) in [6, 6.07) is 13.0. The molecule has 23 heavy (non-hydrogen) atoms. The molecule has 0 saturated heterocycles. The maximum absolute atomic E-state index is 5.62. The highest BCUT2D eigenvalue weighted by Crippen LogP contribution is 2.18. The molecule has 3 aromatic rings. The number of tetrazole rings is 1. The number of hydrogen-bond acceptors (Lipinski definition) is 7. The number of anilines is 1. The number of oxime groups is 1. The number of pyridine rings is 1. The van der Waals surface area contributed by atoms with Gasteiger partial charge < -0.3 is 10.6 Å².